The topological polar surface area (TPSA) is 75.6 Å². The first-order valence-corrected chi connectivity index (χ1v) is 10.9. The van der Waals surface area contributed by atoms with Crippen molar-refractivity contribution in [1.29, 1.82) is 0 Å². The number of amides is 1. The molecule has 1 aromatic heterocycles. The van der Waals surface area contributed by atoms with Crippen molar-refractivity contribution >= 4 is 39.0 Å². The van der Waals surface area contributed by atoms with Crippen LogP contribution >= 0.6 is 27.3 Å². The van der Waals surface area contributed by atoms with Gasteiger partial charge in [-0.3, -0.25) is 9.59 Å². The first kappa shape index (κ1) is 19.2. The molecule has 0 spiro atoms. The molecule has 0 saturated heterocycles. The standard InChI is InChI=1S/C21H20BrNO4S/c1-2-27-17-9-11(6-14(22)21(17)26)13-10-19(25)23-15-7-12(8-16(24)20(13)15)18-4-3-5-28-18/h3-6,9,12-13,26H,2,7-8,10H2,1H3,(H,23,25). The SMILES string of the molecule is CCOc1cc(C2CC(=O)NC3=C2C(=O)CC(c2cccs2)C3)cc(Br)c1O. The summed E-state index contributed by atoms with van der Waals surface area (Å²) in [5.41, 5.74) is 2.21. The van der Waals surface area contributed by atoms with Crippen LogP contribution in [-0.4, -0.2) is 23.4 Å². The van der Waals surface area contributed by atoms with Gasteiger partial charge in [0.2, 0.25) is 5.91 Å². The molecule has 7 heteroatoms. The Morgan fingerprint density at radius 3 is 2.82 bits per heavy atom. The van der Waals surface area contributed by atoms with Crippen molar-refractivity contribution < 1.29 is 19.4 Å². The van der Waals surface area contributed by atoms with Gasteiger partial charge >= 0.3 is 0 Å². The number of nitrogens with one attached hydrogen (secondary N) is 1. The van der Waals surface area contributed by atoms with Crippen LogP contribution in [-0.2, 0) is 9.59 Å². The molecule has 5 nitrogen and oxygen atoms in total. The number of benzene rings is 1. The third kappa shape index (κ3) is 3.49. The number of ketones is 1. The Bertz CT molecular complexity index is 967. The van der Waals surface area contributed by atoms with E-state index >= 15 is 0 Å². The molecule has 146 valence electrons. The minimum Gasteiger partial charge on any atom is -0.503 e. The van der Waals surface area contributed by atoms with Crippen molar-refractivity contribution in [2.24, 2.45) is 0 Å². The molecule has 2 unspecified atom stereocenters. The van der Waals surface area contributed by atoms with E-state index in [0.717, 1.165) is 11.3 Å². The average Bonchev–Trinajstić information content (AvgIpc) is 3.19. The highest BCUT2D eigenvalue weighted by Crippen LogP contribution is 2.46. The van der Waals surface area contributed by atoms with E-state index in [9.17, 15) is 14.7 Å². The number of thiophene rings is 1. The number of hydrogen-bond acceptors (Lipinski definition) is 5. The van der Waals surface area contributed by atoms with Gasteiger partial charge in [0.25, 0.3) is 0 Å². The number of hydrogen-bond donors (Lipinski definition) is 2. The van der Waals surface area contributed by atoms with Gasteiger partial charge in [-0.25, -0.2) is 0 Å². The van der Waals surface area contributed by atoms with E-state index in [1.807, 2.05) is 24.4 Å². The summed E-state index contributed by atoms with van der Waals surface area (Å²) in [5.74, 6) is 0.123. The van der Waals surface area contributed by atoms with Crippen LogP contribution in [0, 0.1) is 0 Å². The minimum absolute atomic E-state index is 0.0211. The van der Waals surface area contributed by atoms with Crippen molar-refractivity contribution in [1.82, 2.24) is 5.32 Å². The monoisotopic (exact) mass is 461 g/mol. The Balaban J connectivity index is 1.75. The van der Waals surface area contributed by atoms with Crippen molar-refractivity contribution in [3.8, 4) is 11.5 Å². The lowest BCUT2D eigenvalue weighted by Gasteiger charge is -2.34. The predicted molar refractivity (Wildman–Crippen MR) is 111 cm³/mol. The van der Waals surface area contributed by atoms with Crippen LogP contribution < -0.4 is 10.1 Å². The van der Waals surface area contributed by atoms with E-state index in [4.69, 9.17) is 4.74 Å². The summed E-state index contributed by atoms with van der Waals surface area (Å²) in [6, 6.07) is 7.53. The lowest BCUT2D eigenvalue weighted by atomic mass is 9.74. The Morgan fingerprint density at radius 2 is 2.11 bits per heavy atom. The maximum atomic E-state index is 13.1. The van der Waals surface area contributed by atoms with E-state index in [1.54, 1.807) is 23.5 Å². The number of allylic oxidation sites excluding steroid dienone is 2. The largest absolute Gasteiger partial charge is 0.503 e. The number of rotatable bonds is 4. The summed E-state index contributed by atoms with van der Waals surface area (Å²) in [5, 5.41) is 15.1. The van der Waals surface area contributed by atoms with Crippen LogP contribution in [0.1, 0.15) is 48.5 Å². The summed E-state index contributed by atoms with van der Waals surface area (Å²) in [6.45, 7) is 2.24. The first-order valence-electron chi connectivity index (χ1n) is 9.22. The van der Waals surface area contributed by atoms with Crippen molar-refractivity contribution in [2.45, 2.75) is 38.0 Å². The van der Waals surface area contributed by atoms with Gasteiger partial charge in [-0.1, -0.05) is 6.07 Å². The van der Waals surface area contributed by atoms with Gasteiger partial charge in [-0.2, -0.15) is 0 Å². The van der Waals surface area contributed by atoms with Crippen LogP contribution in [0.25, 0.3) is 0 Å². The second-order valence-corrected chi connectivity index (χ2v) is 8.86. The van der Waals surface area contributed by atoms with Crippen LogP contribution in [0.2, 0.25) is 0 Å². The zero-order chi connectivity index (χ0) is 19.8. The number of phenolic OH excluding ortho intramolecular Hbond substituents is 1. The van der Waals surface area contributed by atoms with Crippen LogP contribution in [0.5, 0.6) is 11.5 Å². The van der Waals surface area contributed by atoms with Crippen molar-refractivity contribution in [2.75, 3.05) is 6.61 Å². The van der Waals surface area contributed by atoms with Gasteiger partial charge in [-0.15, -0.1) is 11.3 Å². The molecule has 0 fully saturated rings. The molecule has 1 aliphatic heterocycles. The van der Waals surface area contributed by atoms with Gasteiger partial charge in [-0.05, 0) is 58.4 Å². The Labute approximate surface area is 175 Å². The second-order valence-electron chi connectivity index (χ2n) is 7.02. The summed E-state index contributed by atoms with van der Waals surface area (Å²) in [4.78, 5) is 26.7. The summed E-state index contributed by atoms with van der Waals surface area (Å²) in [6.07, 6.45) is 1.31. The molecule has 0 bridgehead atoms. The number of aromatic hydroxyl groups is 1. The highest BCUT2D eigenvalue weighted by atomic mass is 79.9. The zero-order valence-electron chi connectivity index (χ0n) is 15.3. The lowest BCUT2D eigenvalue weighted by molar-refractivity contribution is -0.122. The van der Waals surface area contributed by atoms with E-state index in [-0.39, 0.29) is 35.7 Å². The Morgan fingerprint density at radius 1 is 1.29 bits per heavy atom. The normalized spacial score (nSPS) is 22.1. The van der Waals surface area contributed by atoms with E-state index in [2.05, 4.69) is 21.2 Å². The van der Waals surface area contributed by atoms with Gasteiger partial charge in [0, 0.05) is 40.8 Å². The maximum Gasteiger partial charge on any atom is 0.225 e. The third-order valence-electron chi connectivity index (χ3n) is 5.23. The summed E-state index contributed by atoms with van der Waals surface area (Å²) >= 11 is 5.00. The molecular weight excluding hydrogens is 442 g/mol. The predicted octanol–water partition coefficient (Wildman–Crippen LogP) is 4.62. The number of halogens is 1. The fraction of sp³-hybridized carbons (Fsp3) is 0.333. The minimum atomic E-state index is -0.336. The molecule has 2 N–H and O–H groups in total. The fourth-order valence-corrected chi connectivity index (χ4v) is 5.32. The maximum absolute atomic E-state index is 13.1. The number of phenols is 1. The van der Waals surface area contributed by atoms with Crippen molar-refractivity contribution in [3.63, 3.8) is 0 Å². The quantitative estimate of drug-likeness (QED) is 0.696. The summed E-state index contributed by atoms with van der Waals surface area (Å²) < 4.78 is 6.01. The zero-order valence-corrected chi connectivity index (χ0v) is 17.7. The number of ether oxygens (including phenoxy) is 1. The molecule has 28 heavy (non-hydrogen) atoms. The summed E-state index contributed by atoms with van der Waals surface area (Å²) in [7, 11) is 0. The number of carbonyl (C=O) groups is 2. The Kier molecular flexibility index (Phi) is 5.29. The van der Waals surface area contributed by atoms with E-state index in [1.165, 1.54) is 4.88 Å². The molecule has 2 aliphatic rings. The van der Waals surface area contributed by atoms with Crippen molar-refractivity contribution in [3.05, 3.63) is 55.8 Å². The Hall–Kier alpha value is -2.12. The molecule has 1 aromatic carbocycles. The molecule has 2 heterocycles. The highest BCUT2D eigenvalue weighted by molar-refractivity contribution is 9.10. The first-order chi connectivity index (χ1) is 13.5. The molecule has 2 aromatic rings. The van der Waals surface area contributed by atoms with Crippen LogP contribution in [0.15, 0.2) is 45.4 Å². The van der Waals surface area contributed by atoms with Gasteiger partial charge < -0.3 is 15.2 Å². The smallest absolute Gasteiger partial charge is 0.225 e. The van der Waals surface area contributed by atoms with E-state index in [0.29, 0.717) is 35.2 Å². The van der Waals surface area contributed by atoms with Crippen LogP contribution in [0.4, 0.5) is 0 Å². The molecule has 0 saturated carbocycles. The van der Waals surface area contributed by atoms with E-state index < -0.39 is 0 Å². The molecule has 1 aliphatic carbocycles. The van der Waals surface area contributed by atoms with Gasteiger partial charge in [0.15, 0.2) is 17.3 Å². The molecule has 0 radical (unpaired) electrons. The van der Waals surface area contributed by atoms with Gasteiger partial charge in [0.1, 0.15) is 0 Å². The number of Topliss-reactive ketones (excluding diaryl/α,β-unsaturated/α-hetero) is 1. The molecule has 1 amide bonds. The third-order valence-corrected chi connectivity index (χ3v) is 6.87. The highest BCUT2D eigenvalue weighted by Gasteiger charge is 2.38. The fourth-order valence-electron chi connectivity index (χ4n) is 4.03. The molecule has 4 rings (SSSR count). The second kappa shape index (κ2) is 7.72. The number of carbonyl (C=O) groups excluding carboxylic acids is 2. The lowest BCUT2D eigenvalue weighted by Crippen LogP contribution is -2.38. The molecule has 2 atom stereocenters. The molecular formula is C21H20BrNO4S. The van der Waals surface area contributed by atoms with Gasteiger partial charge in [0.05, 0.1) is 11.1 Å². The average molecular weight is 462 g/mol. The van der Waals surface area contributed by atoms with Crippen LogP contribution in [0.3, 0.4) is 0 Å².